The molecule has 0 aromatic heterocycles. The van der Waals surface area contributed by atoms with Crippen molar-refractivity contribution in [2.45, 2.75) is 26.3 Å². The second-order valence-corrected chi connectivity index (χ2v) is 5.24. The second kappa shape index (κ2) is 3.84. The van der Waals surface area contributed by atoms with Crippen LogP contribution in [0, 0.1) is 12.3 Å². The van der Waals surface area contributed by atoms with E-state index in [1.165, 1.54) is 12.7 Å². The topological polar surface area (TPSA) is 48.2 Å². The van der Waals surface area contributed by atoms with Crippen LogP contribution < -0.4 is 5.32 Å². The molecule has 3 nitrogen and oxygen atoms in total. The lowest BCUT2D eigenvalue weighted by molar-refractivity contribution is -0.153. The van der Waals surface area contributed by atoms with Crippen LogP contribution in [0.2, 0.25) is 0 Å². The molecule has 1 saturated heterocycles. The number of hydrogen-bond donors (Lipinski definition) is 1. The molecule has 0 radical (unpaired) electrons. The molecule has 0 bridgehead atoms. The zero-order chi connectivity index (χ0) is 12.7. The van der Waals surface area contributed by atoms with Gasteiger partial charge in [0.15, 0.2) is 0 Å². The summed E-state index contributed by atoms with van der Waals surface area (Å²) < 4.78 is 4.91. The Balaban J connectivity index is 2.37. The second-order valence-electron chi connectivity index (χ2n) is 5.24. The first-order chi connectivity index (χ1) is 7.94. The van der Waals surface area contributed by atoms with Crippen LogP contribution in [0.15, 0.2) is 24.3 Å². The molecule has 1 aromatic carbocycles. The van der Waals surface area contributed by atoms with Gasteiger partial charge in [-0.15, -0.1) is 0 Å². The number of carbonyl (C=O) groups is 1. The molecule has 1 aromatic rings. The van der Waals surface area contributed by atoms with E-state index in [2.05, 4.69) is 36.5 Å². The smallest absolute Gasteiger partial charge is 0.313 e. The summed E-state index contributed by atoms with van der Waals surface area (Å²) in [6, 6.07) is 8.31. The third-order valence-electron chi connectivity index (χ3n) is 3.84. The van der Waals surface area contributed by atoms with E-state index in [1.807, 2.05) is 13.8 Å². The molecule has 1 atom stereocenters. The highest BCUT2D eigenvalue weighted by atomic mass is 16.5. The maximum Gasteiger partial charge on any atom is 0.313 e. The Kier molecular flexibility index (Phi) is 2.74. The molecule has 92 valence electrons. The van der Waals surface area contributed by atoms with Gasteiger partial charge >= 0.3 is 5.97 Å². The fraction of sp³-hybridized carbons (Fsp3) is 0.500. The van der Waals surface area contributed by atoms with Gasteiger partial charge in [-0.05, 0) is 26.3 Å². The zero-order valence-electron chi connectivity index (χ0n) is 10.8. The summed E-state index contributed by atoms with van der Waals surface area (Å²) in [6.07, 6.45) is 0. The van der Waals surface area contributed by atoms with Crippen molar-refractivity contribution in [2.24, 2.45) is 5.41 Å². The van der Waals surface area contributed by atoms with Gasteiger partial charge in [0.25, 0.3) is 0 Å². The summed E-state index contributed by atoms with van der Waals surface area (Å²) in [5, 5.41) is 3.34. The van der Waals surface area contributed by atoms with Gasteiger partial charge in [0.2, 0.25) is 0 Å². The first kappa shape index (κ1) is 12.1. The molecule has 1 aliphatic heterocycles. The number of methoxy groups -OCH3 is 1. The minimum absolute atomic E-state index is 0.178. The van der Waals surface area contributed by atoms with Crippen molar-refractivity contribution in [2.75, 3.05) is 13.7 Å². The van der Waals surface area contributed by atoms with Crippen LogP contribution >= 0.6 is 0 Å². The number of esters is 1. The van der Waals surface area contributed by atoms with Crippen LogP contribution in [0.1, 0.15) is 25.0 Å². The molecule has 3 heteroatoms. The Bertz CT molecular complexity index is 430. The SMILES string of the molecule is COC(=O)C(C)(C)C1(c2ccc(C)cc2)CN1. The van der Waals surface area contributed by atoms with Gasteiger partial charge in [-0.3, -0.25) is 4.79 Å². The van der Waals surface area contributed by atoms with Gasteiger partial charge in [0.1, 0.15) is 0 Å². The van der Waals surface area contributed by atoms with Crippen molar-refractivity contribution in [3.05, 3.63) is 35.4 Å². The average Bonchev–Trinajstić information content (AvgIpc) is 3.10. The summed E-state index contributed by atoms with van der Waals surface area (Å²) in [7, 11) is 1.44. The van der Waals surface area contributed by atoms with Gasteiger partial charge in [-0.25, -0.2) is 0 Å². The first-order valence-corrected chi connectivity index (χ1v) is 5.84. The minimum atomic E-state index is -0.559. The van der Waals surface area contributed by atoms with E-state index in [4.69, 9.17) is 4.74 Å². The number of benzene rings is 1. The number of ether oxygens (including phenoxy) is 1. The summed E-state index contributed by atoms with van der Waals surface area (Å²) >= 11 is 0. The maximum atomic E-state index is 11.9. The van der Waals surface area contributed by atoms with Crippen molar-refractivity contribution in [3.8, 4) is 0 Å². The monoisotopic (exact) mass is 233 g/mol. The normalized spacial score (nSPS) is 23.3. The Morgan fingerprint density at radius 1 is 1.35 bits per heavy atom. The van der Waals surface area contributed by atoms with E-state index < -0.39 is 5.41 Å². The highest BCUT2D eigenvalue weighted by Gasteiger charge is 2.59. The van der Waals surface area contributed by atoms with Crippen LogP contribution in [0.25, 0.3) is 0 Å². The summed E-state index contributed by atoms with van der Waals surface area (Å²) in [5.41, 5.74) is 1.55. The molecule has 0 amide bonds. The molecule has 1 fully saturated rings. The molecule has 1 aliphatic rings. The Morgan fingerprint density at radius 2 is 1.88 bits per heavy atom. The predicted molar refractivity (Wildman–Crippen MR) is 66.7 cm³/mol. The lowest BCUT2D eigenvalue weighted by Gasteiger charge is -2.31. The third-order valence-corrected chi connectivity index (χ3v) is 3.84. The lowest BCUT2D eigenvalue weighted by Crippen LogP contribution is -2.41. The van der Waals surface area contributed by atoms with Gasteiger partial charge < -0.3 is 10.1 Å². The molecule has 0 spiro atoms. The molecule has 0 aliphatic carbocycles. The van der Waals surface area contributed by atoms with E-state index in [1.54, 1.807) is 0 Å². The van der Waals surface area contributed by atoms with Crippen molar-refractivity contribution >= 4 is 5.97 Å². The Hall–Kier alpha value is -1.35. The number of carbonyl (C=O) groups excluding carboxylic acids is 1. The van der Waals surface area contributed by atoms with E-state index >= 15 is 0 Å². The van der Waals surface area contributed by atoms with E-state index in [9.17, 15) is 4.79 Å². The zero-order valence-corrected chi connectivity index (χ0v) is 10.8. The first-order valence-electron chi connectivity index (χ1n) is 5.84. The maximum absolute atomic E-state index is 11.9. The molecule has 1 N–H and O–H groups in total. The van der Waals surface area contributed by atoms with Crippen LogP contribution in [0.5, 0.6) is 0 Å². The fourth-order valence-electron chi connectivity index (χ4n) is 2.36. The standard InChI is InChI=1S/C14H19NO2/c1-10-5-7-11(8-6-10)14(9-15-14)13(2,3)12(16)17-4/h5-8,15H,9H2,1-4H3. The van der Waals surface area contributed by atoms with E-state index in [0.717, 1.165) is 12.1 Å². The number of aryl methyl sites for hydroxylation is 1. The average molecular weight is 233 g/mol. The summed E-state index contributed by atoms with van der Waals surface area (Å²) in [6.45, 7) is 6.73. The third kappa shape index (κ3) is 1.75. The largest absolute Gasteiger partial charge is 0.469 e. The minimum Gasteiger partial charge on any atom is -0.469 e. The van der Waals surface area contributed by atoms with Crippen molar-refractivity contribution < 1.29 is 9.53 Å². The van der Waals surface area contributed by atoms with Crippen molar-refractivity contribution in [1.29, 1.82) is 0 Å². The van der Waals surface area contributed by atoms with Gasteiger partial charge in [-0.1, -0.05) is 29.8 Å². The van der Waals surface area contributed by atoms with Gasteiger partial charge in [0, 0.05) is 6.54 Å². The molecule has 2 rings (SSSR count). The Morgan fingerprint density at radius 3 is 2.29 bits per heavy atom. The predicted octanol–water partition coefficient (Wildman–Crippen LogP) is 1.99. The lowest BCUT2D eigenvalue weighted by atomic mass is 9.74. The van der Waals surface area contributed by atoms with E-state index in [0.29, 0.717) is 0 Å². The number of nitrogens with one attached hydrogen (secondary N) is 1. The molecular formula is C14H19NO2. The van der Waals surface area contributed by atoms with E-state index in [-0.39, 0.29) is 11.5 Å². The van der Waals surface area contributed by atoms with Gasteiger partial charge in [-0.2, -0.15) is 0 Å². The van der Waals surface area contributed by atoms with Crippen LogP contribution in [0.3, 0.4) is 0 Å². The highest BCUT2D eigenvalue weighted by molar-refractivity contribution is 5.79. The molecular weight excluding hydrogens is 214 g/mol. The van der Waals surface area contributed by atoms with Crippen LogP contribution in [-0.4, -0.2) is 19.6 Å². The number of rotatable bonds is 3. The van der Waals surface area contributed by atoms with Crippen molar-refractivity contribution in [1.82, 2.24) is 5.32 Å². The number of hydrogen-bond acceptors (Lipinski definition) is 3. The van der Waals surface area contributed by atoms with Crippen LogP contribution in [0.4, 0.5) is 0 Å². The van der Waals surface area contributed by atoms with Crippen LogP contribution in [-0.2, 0) is 15.1 Å². The Labute approximate surface area is 102 Å². The van der Waals surface area contributed by atoms with Gasteiger partial charge in [0.05, 0.1) is 18.1 Å². The molecule has 17 heavy (non-hydrogen) atoms. The quantitative estimate of drug-likeness (QED) is 0.641. The molecule has 1 heterocycles. The summed E-state index contributed by atoms with van der Waals surface area (Å²) in [4.78, 5) is 11.9. The summed E-state index contributed by atoms with van der Waals surface area (Å²) in [5.74, 6) is -0.178. The fourth-order valence-corrected chi connectivity index (χ4v) is 2.36. The molecule has 1 unspecified atom stereocenters. The van der Waals surface area contributed by atoms with Crippen molar-refractivity contribution in [3.63, 3.8) is 0 Å². The highest BCUT2D eigenvalue weighted by Crippen LogP contribution is 2.47. The molecule has 0 saturated carbocycles.